The zero-order valence-electron chi connectivity index (χ0n) is 11.3. The second-order valence-corrected chi connectivity index (χ2v) is 4.18. The van der Waals surface area contributed by atoms with Crippen LogP contribution < -0.4 is 10.1 Å². The summed E-state index contributed by atoms with van der Waals surface area (Å²) in [5.41, 5.74) is 1.05. The molecule has 0 aliphatic rings. The predicted octanol–water partition coefficient (Wildman–Crippen LogP) is 1.98. The second-order valence-electron chi connectivity index (χ2n) is 4.18. The fourth-order valence-electron chi connectivity index (χ4n) is 1.57. The Labute approximate surface area is 112 Å². The van der Waals surface area contributed by atoms with Crippen molar-refractivity contribution < 1.29 is 4.74 Å². The molecule has 2 rings (SSSR count). The Balaban J connectivity index is 1.90. The number of hydrogen-bond acceptors (Lipinski definition) is 5. The molecule has 0 fully saturated rings. The maximum atomic E-state index is 5.52. The van der Waals surface area contributed by atoms with Gasteiger partial charge in [-0.15, -0.1) is 0 Å². The third kappa shape index (κ3) is 4.03. The van der Waals surface area contributed by atoms with E-state index in [1.807, 2.05) is 13.1 Å². The molecule has 0 atom stereocenters. The highest BCUT2D eigenvalue weighted by molar-refractivity contribution is 5.17. The van der Waals surface area contributed by atoms with Crippen LogP contribution >= 0.6 is 0 Å². The van der Waals surface area contributed by atoms with Crippen LogP contribution in [-0.4, -0.2) is 26.3 Å². The van der Waals surface area contributed by atoms with E-state index in [0.29, 0.717) is 11.8 Å². The first kappa shape index (κ1) is 13.5. The molecule has 2 aromatic rings. The van der Waals surface area contributed by atoms with E-state index in [1.165, 1.54) is 0 Å². The van der Waals surface area contributed by atoms with Gasteiger partial charge in [-0.1, -0.05) is 6.92 Å². The van der Waals surface area contributed by atoms with Crippen LogP contribution in [0.2, 0.25) is 0 Å². The summed E-state index contributed by atoms with van der Waals surface area (Å²) >= 11 is 0. The van der Waals surface area contributed by atoms with Crippen molar-refractivity contribution in [2.75, 3.05) is 6.54 Å². The van der Waals surface area contributed by atoms with Crippen LogP contribution in [0.3, 0.4) is 0 Å². The molecule has 0 aromatic carbocycles. The summed E-state index contributed by atoms with van der Waals surface area (Å²) in [5, 5.41) is 7.42. The average Bonchev–Trinajstić information content (AvgIpc) is 2.89. The molecule has 1 N–H and O–H groups in total. The van der Waals surface area contributed by atoms with Crippen molar-refractivity contribution in [1.29, 1.82) is 0 Å². The monoisotopic (exact) mass is 261 g/mol. The fourth-order valence-corrected chi connectivity index (χ4v) is 1.57. The van der Waals surface area contributed by atoms with Gasteiger partial charge < -0.3 is 10.1 Å². The summed E-state index contributed by atoms with van der Waals surface area (Å²) in [6.07, 6.45) is 8.14. The fraction of sp³-hybridized carbons (Fsp3) is 0.462. The zero-order chi connectivity index (χ0) is 13.5. The number of rotatable bonds is 7. The van der Waals surface area contributed by atoms with Gasteiger partial charge in [0.15, 0.2) is 5.75 Å². The molecule has 0 bridgehead atoms. The Morgan fingerprint density at radius 2 is 2.00 bits per heavy atom. The highest BCUT2D eigenvalue weighted by atomic mass is 16.5. The molecule has 2 aromatic heterocycles. The zero-order valence-corrected chi connectivity index (χ0v) is 11.3. The quantitative estimate of drug-likeness (QED) is 0.772. The van der Waals surface area contributed by atoms with Gasteiger partial charge in [0.1, 0.15) is 0 Å². The molecular weight excluding hydrogens is 242 g/mol. The topological polar surface area (TPSA) is 64.9 Å². The van der Waals surface area contributed by atoms with Gasteiger partial charge in [-0.3, -0.25) is 4.68 Å². The minimum absolute atomic E-state index is 0.342. The molecule has 6 nitrogen and oxygen atoms in total. The summed E-state index contributed by atoms with van der Waals surface area (Å²) < 4.78 is 7.31. The molecular formula is C13H19N5O. The van der Waals surface area contributed by atoms with E-state index in [4.69, 9.17) is 4.74 Å². The Morgan fingerprint density at radius 1 is 1.21 bits per heavy atom. The standard InChI is InChI=1S/C13H19N5O/c1-3-5-14-6-11-7-15-13(16-8-11)19-12-9-17-18(4-2)10-12/h7-10,14H,3-6H2,1-2H3. The lowest BCUT2D eigenvalue weighted by atomic mass is 10.3. The highest BCUT2D eigenvalue weighted by Gasteiger charge is 2.03. The first-order chi connectivity index (χ1) is 9.31. The maximum Gasteiger partial charge on any atom is 0.321 e. The number of nitrogens with zero attached hydrogens (tertiary/aromatic N) is 4. The number of nitrogens with one attached hydrogen (secondary N) is 1. The van der Waals surface area contributed by atoms with Gasteiger partial charge in [-0.25, -0.2) is 9.97 Å². The van der Waals surface area contributed by atoms with E-state index in [9.17, 15) is 0 Å². The van der Waals surface area contributed by atoms with E-state index in [-0.39, 0.29) is 0 Å². The van der Waals surface area contributed by atoms with Crippen molar-refractivity contribution in [2.45, 2.75) is 33.4 Å². The summed E-state index contributed by atoms with van der Waals surface area (Å²) in [5.74, 6) is 0.652. The van der Waals surface area contributed by atoms with E-state index in [1.54, 1.807) is 23.3 Å². The lowest BCUT2D eigenvalue weighted by molar-refractivity contribution is 0.439. The van der Waals surface area contributed by atoms with Gasteiger partial charge >= 0.3 is 6.01 Å². The number of aromatic nitrogens is 4. The van der Waals surface area contributed by atoms with Crippen molar-refractivity contribution in [1.82, 2.24) is 25.1 Å². The Bertz CT molecular complexity index is 494. The third-order valence-corrected chi connectivity index (χ3v) is 2.58. The van der Waals surface area contributed by atoms with Crippen molar-refractivity contribution in [3.8, 4) is 11.8 Å². The number of aryl methyl sites for hydroxylation is 1. The van der Waals surface area contributed by atoms with Gasteiger partial charge in [0.25, 0.3) is 0 Å². The lowest BCUT2D eigenvalue weighted by Crippen LogP contribution is -2.14. The largest absolute Gasteiger partial charge is 0.421 e. The SMILES string of the molecule is CCCNCc1cnc(Oc2cnn(CC)c2)nc1. The Kier molecular flexibility index (Phi) is 4.85. The van der Waals surface area contributed by atoms with Gasteiger partial charge in [-0.2, -0.15) is 5.10 Å². The van der Waals surface area contributed by atoms with Crippen molar-refractivity contribution >= 4 is 0 Å². The van der Waals surface area contributed by atoms with Crippen molar-refractivity contribution in [3.63, 3.8) is 0 Å². The molecule has 0 spiro atoms. The Hall–Kier alpha value is -1.95. The van der Waals surface area contributed by atoms with Crippen LogP contribution in [-0.2, 0) is 13.1 Å². The van der Waals surface area contributed by atoms with E-state index in [0.717, 1.165) is 31.6 Å². The normalized spacial score (nSPS) is 10.6. The maximum absolute atomic E-state index is 5.52. The second kappa shape index (κ2) is 6.84. The molecule has 2 heterocycles. The van der Waals surface area contributed by atoms with Crippen LogP contribution in [0.15, 0.2) is 24.8 Å². The van der Waals surface area contributed by atoms with Gasteiger partial charge in [0, 0.05) is 31.0 Å². The Morgan fingerprint density at radius 3 is 2.63 bits per heavy atom. The van der Waals surface area contributed by atoms with Crippen LogP contribution in [0.1, 0.15) is 25.8 Å². The molecule has 0 amide bonds. The van der Waals surface area contributed by atoms with Gasteiger partial charge in [-0.05, 0) is 19.9 Å². The summed E-state index contributed by atoms with van der Waals surface area (Å²) in [4.78, 5) is 8.35. The summed E-state index contributed by atoms with van der Waals surface area (Å²) in [6.45, 7) is 6.74. The average molecular weight is 261 g/mol. The van der Waals surface area contributed by atoms with Gasteiger partial charge in [0.2, 0.25) is 0 Å². The molecule has 0 unspecified atom stereocenters. The summed E-state index contributed by atoms with van der Waals surface area (Å²) in [6, 6.07) is 0.342. The highest BCUT2D eigenvalue weighted by Crippen LogP contribution is 2.15. The van der Waals surface area contributed by atoms with E-state index < -0.39 is 0 Å². The predicted molar refractivity (Wildman–Crippen MR) is 72.0 cm³/mol. The summed E-state index contributed by atoms with van der Waals surface area (Å²) in [7, 11) is 0. The molecule has 0 aliphatic carbocycles. The van der Waals surface area contributed by atoms with Gasteiger partial charge in [0.05, 0.1) is 12.4 Å². The number of hydrogen-bond donors (Lipinski definition) is 1. The third-order valence-electron chi connectivity index (χ3n) is 2.58. The molecule has 0 aliphatic heterocycles. The smallest absolute Gasteiger partial charge is 0.321 e. The minimum Gasteiger partial charge on any atom is -0.421 e. The molecule has 19 heavy (non-hydrogen) atoms. The van der Waals surface area contributed by atoms with Crippen LogP contribution in [0.25, 0.3) is 0 Å². The minimum atomic E-state index is 0.342. The molecule has 0 saturated heterocycles. The first-order valence-corrected chi connectivity index (χ1v) is 6.53. The lowest BCUT2D eigenvalue weighted by Gasteiger charge is -2.03. The van der Waals surface area contributed by atoms with Crippen molar-refractivity contribution in [3.05, 3.63) is 30.4 Å². The number of ether oxygens (including phenoxy) is 1. The van der Waals surface area contributed by atoms with Crippen LogP contribution in [0.4, 0.5) is 0 Å². The van der Waals surface area contributed by atoms with E-state index in [2.05, 4.69) is 27.3 Å². The van der Waals surface area contributed by atoms with E-state index >= 15 is 0 Å². The first-order valence-electron chi connectivity index (χ1n) is 6.53. The van der Waals surface area contributed by atoms with Crippen LogP contribution in [0.5, 0.6) is 11.8 Å². The molecule has 0 saturated carbocycles. The molecule has 0 radical (unpaired) electrons. The van der Waals surface area contributed by atoms with Crippen LogP contribution in [0, 0.1) is 0 Å². The molecule has 6 heteroatoms. The van der Waals surface area contributed by atoms with Crippen molar-refractivity contribution in [2.24, 2.45) is 0 Å². The molecule has 102 valence electrons.